The molecular formula is C17H26F2Si. The van der Waals surface area contributed by atoms with Gasteiger partial charge in [0.05, 0.1) is 0 Å². The lowest BCUT2D eigenvalue weighted by Gasteiger charge is -2.44. The molecule has 0 nitrogen and oxygen atoms in total. The molecule has 112 valence electrons. The number of halogens is 2. The number of rotatable bonds is 5. The Bertz CT molecular complexity index is 435. The van der Waals surface area contributed by atoms with Crippen molar-refractivity contribution in [3.8, 4) is 0 Å². The third-order valence-corrected chi connectivity index (χ3v) is 11.6. The minimum Gasteiger partial charge on any atom is -0.174 e. The third kappa shape index (κ3) is 2.88. The van der Waals surface area contributed by atoms with E-state index in [2.05, 4.69) is 41.5 Å². The molecular weight excluding hydrogens is 270 g/mol. The Morgan fingerprint density at radius 1 is 0.800 bits per heavy atom. The van der Waals surface area contributed by atoms with Crippen molar-refractivity contribution in [1.29, 1.82) is 0 Å². The highest BCUT2D eigenvalue weighted by atomic mass is 28.3. The first-order chi connectivity index (χ1) is 9.26. The van der Waals surface area contributed by atoms with E-state index in [-0.39, 0.29) is 16.6 Å². The monoisotopic (exact) mass is 296 g/mol. The largest absolute Gasteiger partial charge is 0.270 e. The highest BCUT2D eigenvalue weighted by Crippen LogP contribution is 2.51. The summed E-state index contributed by atoms with van der Waals surface area (Å²) < 4.78 is 27.8. The predicted octanol–water partition coefficient (Wildman–Crippen LogP) is 6.51. The van der Waals surface area contributed by atoms with E-state index in [0.717, 1.165) is 0 Å². The van der Waals surface area contributed by atoms with Gasteiger partial charge in [0.25, 0.3) is 6.08 Å². The maximum atomic E-state index is 13.9. The fourth-order valence-electron chi connectivity index (χ4n) is 3.99. The summed E-state index contributed by atoms with van der Waals surface area (Å²) >= 11 is 0. The molecule has 0 atom stereocenters. The first kappa shape index (κ1) is 17.1. The second-order valence-corrected chi connectivity index (χ2v) is 12.2. The average molecular weight is 296 g/mol. The summed E-state index contributed by atoms with van der Waals surface area (Å²) in [7, 11) is -2.33. The van der Waals surface area contributed by atoms with Gasteiger partial charge in [-0.05, 0) is 22.2 Å². The quantitative estimate of drug-likeness (QED) is 0.543. The van der Waals surface area contributed by atoms with Crippen LogP contribution in [0.5, 0.6) is 0 Å². The van der Waals surface area contributed by atoms with Gasteiger partial charge in [0.2, 0.25) is 0 Å². The van der Waals surface area contributed by atoms with Crippen LogP contribution >= 0.6 is 0 Å². The molecule has 0 saturated heterocycles. The van der Waals surface area contributed by atoms with Gasteiger partial charge in [-0.15, -0.1) is 0 Å². The standard InChI is InChI=1S/C17H26F2Si/c1-12(2)20(13(3)4,14(5)6)16(17(18)19)15-10-8-7-9-11-15/h7-14H,1-6H3. The number of hydrogen-bond donors (Lipinski definition) is 0. The second kappa shape index (κ2) is 6.66. The van der Waals surface area contributed by atoms with Crippen LogP contribution in [-0.4, -0.2) is 8.07 Å². The van der Waals surface area contributed by atoms with E-state index in [0.29, 0.717) is 10.8 Å². The van der Waals surface area contributed by atoms with Crippen molar-refractivity contribution in [3.63, 3.8) is 0 Å². The minimum absolute atomic E-state index is 0.277. The molecule has 0 aliphatic rings. The molecule has 20 heavy (non-hydrogen) atoms. The fraction of sp³-hybridized carbons (Fsp3) is 0.529. The van der Waals surface area contributed by atoms with Crippen molar-refractivity contribution >= 4 is 13.3 Å². The van der Waals surface area contributed by atoms with E-state index in [1.54, 1.807) is 0 Å². The summed E-state index contributed by atoms with van der Waals surface area (Å²) in [5.74, 6) is 0. The van der Waals surface area contributed by atoms with E-state index < -0.39 is 14.2 Å². The first-order valence-corrected chi connectivity index (χ1v) is 9.60. The van der Waals surface area contributed by atoms with Crippen LogP contribution < -0.4 is 0 Å². The zero-order valence-electron chi connectivity index (χ0n) is 13.4. The lowest BCUT2D eigenvalue weighted by atomic mass is 10.2. The Kier molecular flexibility index (Phi) is 5.69. The minimum atomic E-state index is -2.33. The zero-order chi connectivity index (χ0) is 15.5. The highest BCUT2D eigenvalue weighted by Gasteiger charge is 2.48. The summed E-state index contributed by atoms with van der Waals surface area (Å²) in [6.45, 7) is 12.7. The van der Waals surface area contributed by atoms with E-state index in [9.17, 15) is 8.78 Å². The maximum absolute atomic E-state index is 13.9. The van der Waals surface area contributed by atoms with Gasteiger partial charge in [-0.1, -0.05) is 71.9 Å². The SMILES string of the molecule is CC(C)[Si](C(=C(F)F)c1ccccc1)(C(C)C)C(C)C. The summed E-state index contributed by atoms with van der Waals surface area (Å²) in [6.07, 6.45) is -1.49. The summed E-state index contributed by atoms with van der Waals surface area (Å²) in [6, 6.07) is 9.21. The lowest BCUT2D eigenvalue weighted by molar-refractivity contribution is 0.426. The van der Waals surface area contributed by atoms with Crippen molar-refractivity contribution in [3.05, 3.63) is 42.0 Å². The van der Waals surface area contributed by atoms with Crippen molar-refractivity contribution in [1.82, 2.24) is 0 Å². The van der Waals surface area contributed by atoms with E-state index in [1.165, 1.54) is 0 Å². The van der Waals surface area contributed by atoms with Crippen LogP contribution in [-0.2, 0) is 0 Å². The maximum Gasteiger partial charge on any atom is 0.270 e. The molecule has 0 aromatic heterocycles. The number of benzene rings is 1. The molecule has 0 fully saturated rings. The average Bonchev–Trinajstić information content (AvgIpc) is 2.34. The molecule has 0 saturated carbocycles. The van der Waals surface area contributed by atoms with Crippen LogP contribution in [0.25, 0.3) is 5.20 Å². The third-order valence-electron chi connectivity index (χ3n) is 4.55. The molecule has 0 unspecified atom stereocenters. The smallest absolute Gasteiger partial charge is 0.174 e. The summed E-state index contributed by atoms with van der Waals surface area (Å²) in [5.41, 5.74) is 1.54. The molecule has 0 N–H and O–H groups in total. The van der Waals surface area contributed by atoms with E-state index in [1.807, 2.05) is 30.3 Å². The second-order valence-electron chi connectivity index (χ2n) is 6.40. The Morgan fingerprint density at radius 3 is 1.50 bits per heavy atom. The van der Waals surface area contributed by atoms with E-state index in [4.69, 9.17) is 0 Å². The molecule has 0 aliphatic heterocycles. The predicted molar refractivity (Wildman–Crippen MR) is 86.6 cm³/mol. The molecule has 0 amide bonds. The van der Waals surface area contributed by atoms with Crippen LogP contribution in [0, 0.1) is 0 Å². The van der Waals surface area contributed by atoms with Crippen molar-refractivity contribution in [2.75, 3.05) is 0 Å². The molecule has 1 aromatic carbocycles. The lowest BCUT2D eigenvalue weighted by Crippen LogP contribution is -2.46. The zero-order valence-corrected chi connectivity index (χ0v) is 14.4. The Hall–Kier alpha value is -0.963. The molecule has 3 heteroatoms. The van der Waals surface area contributed by atoms with Gasteiger partial charge in [-0.2, -0.15) is 8.78 Å². The van der Waals surface area contributed by atoms with Crippen LogP contribution in [0.4, 0.5) is 8.78 Å². The van der Waals surface area contributed by atoms with Crippen molar-refractivity contribution in [2.24, 2.45) is 0 Å². The van der Waals surface area contributed by atoms with Crippen LogP contribution in [0.2, 0.25) is 16.6 Å². The van der Waals surface area contributed by atoms with Crippen molar-refractivity contribution < 1.29 is 8.78 Å². The van der Waals surface area contributed by atoms with Gasteiger partial charge in [0, 0.05) is 5.20 Å². The first-order valence-electron chi connectivity index (χ1n) is 7.37. The number of hydrogen-bond acceptors (Lipinski definition) is 0. The topological polar surface area (TPSA) is 0 Å². The van der Waals surface area contributed by atoms with Gasteiger partial charge >= 0.3 is 0 Å². The van der Waals surface area contributed by atoms with Gasteiger partial charge in [0.15, 0.2) is 0 Å². The molecule has 0 radical (unpaired) electrons. The Balaban J connectivity index is 3.63. The fourth-order valence-corrected chi connectivity index (χ4v) is 10.7. The highest BCUT2D eigenvalue weighted by molar-refractivity contribution is 6.99. The molecule has 0 aliphatic carbocycles. The molecule has 0 bridgehead atoms. The van der Waals surface area contributed by atoms with Gasteiger partial charge in [-0.3, -0.25) is 0 Å². The van der Waals surface area contributed by atoms with Crippen LogP contribution in [0.1, 0.15) is 47.1 Å². The van der Waals surface area contributed by atoms with Gasteiger partial charge in [-0.25, -0.2) is 0 Å². The molecule has 0 spiro atoms. The van der Waals surface area contributed by atoms with Gasteiger partial charge in [0.1, 0.15) is 8.07 Å². The van der Waals surface area contributed by atoms with Crippen molar-refractivity contribution in [2.45, 2.75) is 58.2 Å². The molecule has 0 heterocycles. The van der Waals surface area contributed by atoms with Crippen LogP contribution in [0.15, 0.2) is 36.4 Å². The molecule has 1 rings (SSSR count). The van der Waals surface area contributed by atoms with E-state index >= 15 is 0 Å². The van der Waals surface area contributed by atoms with Crippen LogP contribution in [0.3, 0.4) is 0 Å². The molecule has 1 aromatic rings. The summed E-state index contributed by atoms with van der Waals surface area (Å²) in [5, 5.41) is 0.359. The van der Waals surface area contributed by atoms with Gasteiger partial charge < -0.3 is 0 Å². The normalized spacial score (nSPS) is 12.3. The Morgan fingerprint density at radius 2 is 1.20 bits per heavy atom. The summed E-state index contributed by atoms with van der Waals surface area (Å²) in [4.78, 5) is 0. The Labute approximate surface area is 122 Å².